The van der Waals surface area contributed by atoms with Crippen LogP contribution < -0.4 is 15.5 Å². The van der Waals surface area contributed by atoms with Crippen molar-refractivity contribution in [1.82, 2.24) is 10.4 Å². The second kappa shape index (κ2) is 12.9. The molecule has 40 heavy (non-hydrogen) atoms. The zero-order valence-electron chi connectivity index (χ0n) is 21.4. The number of nitrogens with zero attached hydrogens (tertiary/aromatic N) is 2. The number of anilines is 2. The van der Waals surface area contributed by atoms with E-state index in [9.17, 15) is 4.79 Å². The van der Waals surface area contributed by atoms with E-state index < -0.39 is 0 Å². The fraction of sp³-hybridized carbons (Fsp3) is 0.0645. The van der Waals surface area contributed by atoms with E-state index in [1.165, 1.54) is 16.9 Å². The molecule has 1 aromatic heterocycles. The lowest BCUT2D eigenvalue weighted by Gasteiger charge is -2.09. The molecule has 1 heterocycles. The van der Waals surface area contributed by atoms with Gasteiger partial charge in [-0.3, -0.25) is 4.79 Å². The van der Waals surface area contributed by atoms with Gasteiger partial charge in [-0.25, -0.2) is 10.4 Å². The summed E-state index contributed by atoms with van der Waals surface area (Å²) in [4.78, 5) is 17.2. The first kappa shape index (κ1) is 27.6. The molecule has 200 valence electrons. The Bertz CT molecular complexity index is 1650. The van der Waals surface area contributed by atoms with Crippen LogP contribution in [0.15, 0.2) is 106 Å². The minimum Gasteiger partial charge on any atom is -0.488 e. The summed E-state index contributed by atoms with van der Waals surface area (Å²) in [5, 5.41) is 10.8. The fourth-order valence-corrected chi connectivity index (χ4v) is 5.20. The topological polar surface area (TPSA) is 75.6 Å². The van der Waals surface area contributed by atoms with E-state index in [4.69, 9.17) is 16.3 Å². The van der Waals surface area contributed by atoms with Crippen molar-refractivity contribution in [3.63, 3.8) is 0 Å². The van der Waals surface area contributed by atoms with Crippen LogP contribution in [0.5, 0.6) is 5.75 Å². The molecule has 2 N–H and O–H groups in total. The summed E-state index contributed by atoms with van der Waals surface area (Å²) in [7, 11) is 0. The maximum absolute atomic E-state index is 12.6. The average Bonchev–Trinajstić information content (AvgIpc) is 3.42. The van der Waals surface area contributed by atoms with Crippen LogP contribution in [-0.2, 0) is 6.61 Å². The molecular weight excluding hydrogens is 608 g/mol. The first-order chi connectivity index (χ1) is 19.4. The van der Waals surface area contributed by atoms with Crippen molar-refractivity contribution < 1.29 is 9.53 Å². The molecule has 0 spiro atoms. The first-order valence-electron chi connectivity index (χ1n) is 12.3. The van der Waals surface area contributed by atoms with Crippen molar-refractivity contribution in [2.45, 2.75) is 13.5 Å². The number of aryl methyl sites for hydroxylation is 1. The molecule has 4 aromatic carbocycles. The van der Waals surface area contributed by atoms with Crippen LogP contribution in [0.2, 0.25) is 5.02 Å². The van der Waals surface area contributed by atoms with Crippen LogP contribution >= 0.6 is 38.9 Å². The highest BCUT2D eigenvalue weighted by molar-refractivity contribution is 9.10. The minimum absolute atomic E-state index is 0.302. The Labute approximate surface area is 249 Å². The summed E-state index contributed by atoms with van der Waals surface area (Å²) in [5.41, 5.74) is 8.84. The molecule has 0 bridgehead atoms. The highest BCUT2D eigenvalue weighted by atomic mass is 79.9. The van der Waals surface area contributed by atoms with E-state index in [0.29, 0.717) is 17.2 Å². The number of hydrogen-bond acceptors (Lipinski definition) is 6. The van der Waals surface area contributed by atoms with Crippen LogP contribution in [0.4, 0.5) is 10.8 Å². The quantitative estimate of drug-likeness (QED) is 0.126. The van der Waals surface area contributed by atoms with Crippen LogP contribution in [0, 0.1) is 6.92 Å². The molecule has 0 saturated carbocycles. The first-order valence-corrected chi connectivity index (χ1v) is 14.4. The molecule has 0 atom stereocenters. The lowest BCUT2D eigenvalue weighted by Crippen LogP contribution is -2.17. The molecule has 1 amide bonds. The van der Waals surface area contributed by atoms with Gasteiger partial charge in [-0.1, -0.05) is 53.6 Å². The van der Waals surface area contributed by atoms with E-state index in [1.54, 1.807) is 18.3 Å². The molecule has 0 radical (unpaired) electrons. The molecule has 0 unspecified atom stereocenters. The molecule has 5 aromatic rings. The second-order valence-corrected chi connectivity index (χ2v) is 11.1. The van der Waals surface area contributed by atoms with Gasteiger partial charge in [0.2, 0.25) is 0 Å². The number of amides is 1. The molecule has 6 nitrogen and oxygen atoms in total. The lowest BCUT2D eigenvalue weighted by atomic mass is 10.1. The molecule has 0 aliphatic carbocycles. The van der Waals surface area contributed by atoms with Gasteiger partial charge in [-0.2, -0.15) is 5.10 Å². The van der Waals surface area contributed by atoms with Crippen LogP contribution in [0.25, 0.3) is 11.3 Å². The van der Waals surface area contributed by atoms with Gasteiger partial charge in [0.1, 0.15) is 12.4 Å². The molecule has 0 aliphatic heterocycles. The predicted octanol–water partition coefficient (Wildman–Crippen LogP) is 8.62. The van der Waals surface area contributed by atoms with Crippen LogP contribution in [-0.4, -0.2) is 17.1 Å². The maximum atomic E-state index is 12.6. The Morgan fingerprint density at radius 2 is 1.85 bits per heavy atom. The summed E-state index contributed by atoms with van der Waals surface area (Å²) in [6.45, 7) is 2.54. The normalized spacial score (nSPS) is 11.0. The standard InChI is InChI=1S/C31H24BrClN4O2S/c1-20-3-2-4-22(15-20)18-39-29-14-5-21(16-27(29)32)17-34-37-30(38)24-8-6-23(7-9-24)28-19-40-31(36-28)35-26-12-10-25(33)11-13-26/h2-17,19H,18H2,1H3,(H,35,36)(H,37,38)/b34-17-. The number of hydrogen-bond donors (Lipinski definition) is 2. The number of carbonyl (C=O) groups is 1. The molecule has 9 heteroatoms. The summed E-state index contributed by atoms with van der Waals surface area (Å²) in [6, 6.07) is 28.5. The number of nitrogens with one attached hydrogen (secondary N) is 2. The van der Waals surface area contributed by atoms with E-state index >= 15 is 0 Å². The molecule has 0 fully saturated rings. The monoisotopic (exact) mass is 630 g/mol. The number of ether oxygens (including phenoxy) is 1. The molecule has 5 rings (SSSR count). The van der Waals surface area contributed by atoms with Crippen LogP contribution in [0.3, 0.4) is 0 Å². The van der Waals surface area contributed by atoms with Gasteiger partial charge >= 0.3 is 0 Å². The van der Waals surface area contributed by atoms with Gasteiger partial charge in [0, 0.05) is 27.2 Å². The van der Waals surface area contributed by atoms with Gasteiger partial charge in [0.15, 0.2) is 5.13 Å². The van der Waals surface area contributed by atoms with Crippen molar-refractivity contribution >= 4 is 61.8 Å². The third-order valence-electron chi connectivity index (χ3n) is 5.86. The summed E-state index contributed by atoms with van der Waals surface area (Å²) in [5.74, 6) is 0.430. The lowest BCUT2D eigenvalue weighted by molar-refractivity contribution is 0.0955. The Morgan fingerprint density at radius 1 is 1.05 bits per heavy atom. The maximum Gasteiger partial charge on any atom is 0.271 e. The van der Waals surface area contributed by atoms with Crippen molar-refractivity contribution in [3.8, 4) is 17.0 Å². The van der Waals surface area contributed by atoms with Gasteiger partial charge in [0.25, 0.3) is 5.91 Å². The molecule has 0 saturated heterocycles. The number of thiazole rings is 1. The van der Waals surface area contributed by atoms with Crippen molar-refractivity contribution in [2.24, 2.45) is 5.10 Å². The number of benzene rings is 4. The Hall–Kier alpha value is -3.98. The summed E-state index contributed by atoms with van der Waals surface area (Å²) >= 11 is 11.0. The highest BCUT2D eigenvalue weighted by Crippen LogP contribution is 2.28. The number of hydrazone groups is 1. The largest absolute Gasteiger partial charge is 0.488 e. The Kier molecular flexibility index (Phi) is 8.91. The third kappa shape index (κ3) is 7.35. The van der Waals surface area contributed by atoms with Gasteiger partial charge in [-0.15, -0.1) is 11.3 Å². The number of carbonyl (C=O) groups excluding carboxylic acids is 1. The van der Waals surface area contributed by atoms with Crippen molar-refractivity contribution in [3.05, 3.63) is 128 Å². The van der Waals surface area contributed by atoms with E-state index in [2.05, 4.69) is 55.8 Å². The Balaban J connectivity index is 1.14. The molecule has 0 aliphatic rings. The number of aromatic nitrogens is 1. The van der Waals surface area contributed by atoms with Crippen molar-refractivity contribution in [2.75, 3.05) is 5.32 Å². The third-order valence-corrected chi connectivity index (χ3v) is 7.48. The predicted molar refractivity (Wildman–Crippen MR) is 167 cm³/mol. The van der Waals surface area contributed by atoms with Crippen molar-refractivity contribution in [1.29, 1.82) is 0 Å². The average molecular weight is 632 g/mol. The zero-order valence-corrected chi connectivity index (χ0v) is 24.6. The minimum atomic E-state index is -0.302. The number of halogens is 2. The fourth-order valence-electron chi connectivity index (χ4n) is 3.82. The van der Waals surface area contributed by atoms with Gasteiger partial charge < -0.3 is 10.1 Å². The van der Waals surface area contributed by atoms with E-state index in [1.807, 2.05) is 72.1 Å². The molecular formula is C31H24BrClN4O2S. The SMILES string of the molecule is Cc1cccc(COc2ccc(/C=N\NC(=O)c3ccc(-c4csc(Nc5ccc(Cl)cc5)n4)cc3)cc2Br)c1. The smallest absolute Gasteiger partial charge is 0.271 e. The summed E-state index contributed by atoms with van der Waals surface area (Å²) in [6.07, 6.45) is 1.59. The number of rotatable bonds is 9. The van der Waals surface area contributed by atoms with E-state index in [-0.39, 0.29) is 5.91 Å². The summed E-state index contributed by atoms with van der Waals surface area (Å²) < 4.78 is 6.74. The Morgan fingerprint density at radius 3 is 2.60 bits per heavy atom. The van der Waals surface area contributed by atoms with Crippen LogP contribution in [0.1, 0.15) is 27.0 Å². The van der Waals surface area contributed by atoms with Gasteiger partial charge in [-0.05, 0) is 88.6 Å². The highest BCUT2D eigenvalue weighted by Gasteiger charge is 2.09. The van der Waals surface area contributed by atoms with Gasteiger partial charge in [0.05, 0.1) is 16.4 Å². The zero-order chi connectivity index (χ0) is 27.9. The van der Waals surface area contributed by atoms with E-state index in [0.717, 1.165) is 43.4 Å². The second-order valence-electron chi connectivity index (χ2n) is 8.91.